The van der Waals surface area contributed by atoms with E-state index in [1.54, 1.807) is 16.8 Å². The van der Waals surface area contributed by atoms with E-state index in [1.807, 2.05) is 0 Å². The first-order valence-corrected chi connectivity index (χ1v) is 6.23. The van der Waals surface area contributed by atoms with Crippen LogP contribution in [-0.4, -0.2) is 9.55 Å². The van der Waals surface area contributed by atoms with Crippen LogP contribution in [-0.2, 0) is 6.54 Å². The van der Waals surface area contributed by atoms with Gasteiger partial charge < -0.3 is 5.73 Å². The molecule has 2 aliphatic carbocycles. The number of nitrogens with two attached hydrogens (primary N) is 1. The first-order chi connectivity index (χ1) is 8.22. The third-order valence-corrected chi connectivity index (χ3v) is 4.05. The zero-order valence-corrected chi connectivity index (χ0v) is 9.75. The molecular weight excluding hydrogens is 214 g/mol. The van der Waals surface area contributed by atoms with Crippen LogP contribution in [0.4, 0.5) is 5.82 Å². The van der Waals surface area contributed by atoms with Crippen molar-refractivity contribution in [3.05, 3.63) is 34.9 Å². The summed E-state index contributed by atoms with van der Waals surface area (Å²) in [7, 11) is 0. The van der Waals surface area contributed by atoms with Gasteiger partial charge in [0.2, 0.25) is 0 Å². The summed E-state index contributed by atoms with van der Waals surface area (Å²) in [5.41, 5.74) is 5.23. The second kappa shape index (κ2) is 4.02. The van der Waals surface area contributed by atoms with Crippen LogP contribution in [0.1, 0.15) is 19.3 Å². The Bertz CT molecular complexity index is 506. The maximum absolute atomic E-state index is 11.6. The van der Waals surface area contributed by atoms with E-state index in [0.717, 1.165) is 30.7 Å². The number of anilines is 1. The van der Waals surface area contributed by atoms with Gasteiger partial charge in [-0.25, -0.2) is 4.79 Å². The van der Waals surface area contributed by atoms with Gasteiger partial charge in [-0.1, -0.05) is 12.2 Å². The van der Waals surface area contributed by atoms with Crippen LogP contribution in [0.3, 0.4) is 0 Å². The molecule has 4 nitrogen and oxygen atoms in total. The van der Waals surface area contributed by atoms with E-state index in [4.69, 9.17) is 5.73 Å². The highest BCUT2D eigenvalue weighted by Gasteiger charge is 2.34. The molecule has 2 N–H and O–H groups in total. The van der Waals surface area contributed by atoms with Crippen molar-refractivity contribution in [2.24, 2.45) is 17.8 Å². The van der Waals surface area contributed by atoms with E-state index >= 15 is 0 Å². The molecule has 1 fully saturated rings. The molecule has 17 heavy (non-hydrogen) atoms. The zero-order chi connectivity index (χ0) is 11.8. The van der Waals surface area contributed by atoms with Crippen LogP contribution in [0.2, 0.25) is 0 Å². The Morgan fingerprint density at radius 1 is 1.41 bits per heavy atom. The van der Waals surface area contributed by atoms with Crippen molar-refractivity contribution < 1.29 is 0 Å². The van der Waals surface area contributed by atoms with Crippen molar-refractivity contribution in [1.82, 2.24) is 9.55 Å². The molecule has 0 spiro atoms. The van der Waals surface area contributed by atoms with Crippen molar-refractivity contribution in [3.63, 3.8) is 0 Å². The minimum absolute atomic E-state index is 0.233. The van der Waals surface area contributed by atoms with Gasteiger partial charge in [0, 0.05) is 12.7 Å². The summed E-state index contributed by atoms with van der Waals surface area (Å²) in [5.74, 6) is 2.59. The van der Waals surface area contributed by atoms with E-state index in [2.05, 4.69) is 17.1 Å². The average Bonchev–Trinajstić information content (AvgIpc) is 2.89. The summed E-state index contributed by atoms with van der Waals surface area (Å²) in [6.45, 7) is 0.758. The molecule has 0 radical (unpaired) electrons. The number of aryl methyl sites for hydroxylation is 1. The Balaban J connectivity index is 1.65. The lowest BCUT2D eigenvalue weighted by atomic mass is 9.91. The Labute approximate surface area is 100 Å². The summed E-state index contributed by atoms with van der Waals surface area (Å²) in [4.78, 5) is 15.3. The predicted octanol–water partition coefficient (Wildman–Crippen LogP) is 1.43. The standard InChI is InChI=1S/C13H17N3O/c14-12-4-6-16(13(17)15-12)5-3-11-8-9-1-2-10(11)7-9/h1-2,4,6,9-11H,3,5,7-8H2,(H2,14,15,17). The van der Waals surface area contributed by atoms with Gasteiger partial charge in [0.1, 0.15) is 5.82 Å². The van der Waals surface area contributed by atoms with Crippen molar-refractivity contribution in [1.29, 1.82) is 0 Å². The third kappa shape index (κ3) is 1.99. The van der Waals surface area contributed by atoms with Gasteiger partial charge in [-0.05, 0) is 43.1 Å². The molecule has 2 aliphatic rings. The second-order valence-electron chi connectivity index (χ2n) is 5.16. The van der Waals surface area contributed by atoms with Crippen LogP contribution in [0, 0.1) is 17.8 Å². The average molecular weight is 231 g/mol. The number of nitrogen functional groups attached to an aromatic ring is 1. The fourth-order valence-corrected chi connectivity index (χ4v) is 3.14. The molecule has 0 aromatic carbocycles. The van der Waals surface area contributed by atoms with E-state index in [0.29, 0.717) is 5.82 Å². The summed E-state index contributed by atoms with van der Waals surface area (Å²) in [6.07, 6.45) is 10.1. The quantitative estimate of drug-likeness (QED) is 0.800. The molecule has 3 unspecified atom stereocenters. The SMILES string of the molecule is Nc1ccn(CCC2CC3C=CC2C3)c(=O)n1. The summed E-state index contributed by atoms with van der Waals surface area (Å²) >= 11 is 0. The van der Waals surface area contributed by atoms with Crippen LogP contribution in [0.25, 0.3) is 0 Å². The number of hydrogen-bond donors (Lipinski definition) is 1. The van der Waals surface area contributed by atoms with E-state index in [-0.39, 0.29) is 5.69 Å². The number of allylic oxidation sites excluding steroid dienone is 2. The largest absolute Gasteiger partial charge is 0.383 e. The highest BCUT2D eigenvalue weighted by Crippen LogP contribution is 2.44. The minimum atomic E-state index is -0.233. The van der Waals surface area contributed by atoms with Gasteiger partial charge in [0.25, 0.3) is 0 Å². The molecule has 4 heteroatoms. The maximum atomic E-state index is 11.6. The number of nitrogens with zero attached hydrogens (tertiary/aromatic N) is 2. The third-order valence-electron chi connectivity index (χ3n) is 4.05. The molecule has 3 atom stereocenters. The minimum Gasteiger partial charge on any atom is -0.383 e. The number of fused-ring (bicyclic) bond motifs is 2. The van der Waals surface area contributed by atoms with Gasteiger partial charge in [0.05, 0.1) is 0 Å². The number of rotatable bonds is 3. The summed E-state index contributed by atoms with van der Waals surface area (Å²) < 4.78 is 1.66. The molecule has 0 aliphatic heterocycles. The molecule has 90 valence electrons. The molecule has 0 saturated heterocycles. The van der Waals surface area contributed by atoms with Gasteiger partial charge in [-0.15, -0.1) is 0 Å². The molecule has 1 saturated carbocycles. The monoisotopic (exact) mass is 231 g/mol. The second-order valence-corrected chi connectivity index (χ2v) is 5.16. The smallest absolute Gasteiger partial charge is 0.349 e. The highest BCUT2D eigenvalue weighted by molar-refractivity contribution is 5.23. The first kappa shape index (κ1) is 10.6. The topological polar surface area (TPSA) is 60.9 Å². The molecule has 2 bridgehead atoms. The van der Waals surface area contributed by atoms with Crippen molar-refractivity contribution in [3.8, 4) is 0 Å². The van der Waals surface area contributed by atoms with E-state index in [1.165, 1.54) is 12.8 Å². The molecule has 1 aromatic rings. The Morgan fingerprint density at radius 2 is 2.29 bits per heavy atom. The lowest BCUT2D eigenvalue weighted by molar-refractivity contribution is 0.384. The summed E-state index contributed by atoms with van der Waals surface area (Å²) in [5, 5.41) is 0. The number of aromatic nitrogens is 2. The maximum Gasteiger partial charge on any atom is 0.349 e. The predicted molar refractivity (Wildman–Crippen MR) is 66.4 cm³/mol. The fraction of sp³-hybridized carbons (Fsp3) is 0.538. The number of hydrogen-bond acceptors (Lipinski definition) is 3. The Hall–Kier alpha value is -1.58. The summed E-state index contributed by atoms with van der Waals surface area (Å²) in [6, 6.07) is 1.68. The van der Waals surface area contributed by atoms with Crippen LogP contribution in [0.5, 0.6) is 0 Å². The molecule has 3 rings (SSSR count). The van der Waals surface area contributed by atoms with E-state index < -0.39 is 0 Å². The van der Waals surface area contributed by atoms with Crippen molar-refractivity contribution >= 4 is 5.82 Å². The highest BCUT2D eigenvalue weighted by atomic mass is 16.1. The van der Waals surface area contributed by atoms with Crippen LogP contribution in [0.15, 0.2) is 29.2 Å². The molecule has 1 heterocycles. The first-order valence-electron chi connectivity index (χ1n) is 6.23. The molecular formula is C13H17N3O. The lowest BCUT2D eigenvalue weighted by Crippen LogP contribution is -2.24. The Morgan fingerprint density at radius 3 is 2.94 bits per heavy atom. The fourth-order valence-electron chi connectivity index (χ4n) is 3.14. The zero-order valence-electron chi connectivity index (χ0n) is 9.75. The Kier molecular flexibility index (Phi) is 2.50. The van der Waals surface area contributed by atoms with Gasteiger partial charge in [-0.2, -0.15) is 4.98 Å². The van der Waals surface area contributed by atoms with Gasteiger partial charge >= 0.3 is 5.69 Å². The van der Waals surface area contributed by atoms with Crippen LogP contribution < -0.4 is 11.4 Å². The van der Waals surface area contributed by atoms with Crippen LogP contribution >= 0.6 is 0 Å². The molecule has 0 amide bonds. The van der Waals surface area contributed by atoms with Gasteiger partial charge in [0.15, 0.2) is 0 Å². The van der Waals surface area contributed by atoms with Gasteiger partial charge in [-0.3, -0.25) is 4.57 Å². The van der Waals surface area contributed by atoms with Crippen molar-refractivity contribution in [2.75, 3.05) is 5.73 Å². The van der Waals surface area contributed by atoms with Crippen molar-refractivity contribution in [2.45, 2.75) is 25.8 Å². The lowest BCUT2D eigenvalue weighted by Gasteiger charge is -2.18. The molecule has 1 aromatic heterocycles. The normalized spacial score (nSPS) is 30.0. The van der Waals surface area contributed by atoms with E-state index in [9.17, 15) is 4.79 Å².